The summed E-state index contributed by atoms with van der Waals surface area (Å²) >= 11 is 0. The Kier molecular flexibility index (Phi) is 5.58. The van der Waals surface area contributed by atoms with Crippen LogP contribution in [0.4, 0.5) is 0 Å². The lowest BCUT2D eigenvalue weighted by molar-refractivity contribution is -0.176. The van der Waals surface area contributed by atoms with Crippen LogP contribution in [0.2, 0.25) is 0 Å². The summed E-state index contributed by atoms with van der Waals surface area (Å²) in [7, 11) is 0.574. The Hall–Kier alpha value is -0.100. The predicted molar refractivity (Wildman–Crippen MR) is 93.5 cm³/mol. The lowest BCUT2D eigenvalue weighted by Crippen LogP contribution is -2.49. The molecule has 0 saturated heterocycles. The van der Waals surface area contributed by atoms with E-state index >= 15 is 0 Å². The van der Waals surface area contributed by atoms with Gasteiger partial charge in [-0.05, 0) is 51.1 Å². The summed E-state index contributed by atoms with van der Waals surface area (Å²) in [6.07, 6.45) is 5.26. The molecule has 1 aliphatic carbocycles. The Bertz CT molecular complexity index is 370. The Morgan fingerprint density at radius 2 is 1.52 bits per heavy atom. The molecule has 0 aromatic heterocycles. The molecule has 0 bridgehead atoms. The lowest BCUT2D eigenvalue weighted by Gasteiger charge is -2.44. The van der Waals surface area contributed by atoms with Gasteiger partial charge in [0.05, 0.1) is 5.16 Å². The number of hydrogen-bond acceptors (Lipinski definition) is 2. The maximum absolute atomic E-state index is 13.0. The highest BCUT2D eigenvalue weighted by Crippen LogP contribution is 2.49. The Morgan fingerprint density at radius 1 is 1.05 bits per heavy atom. The molecule has 2 atom stereocenters. The zero-order valence-corrected chi connectivity index (χ0v) is 16.4. The van der Waals surface area contributed by atoms with Crippen LogP contribution in [0.25, 0.3) is 0 Å². The van der Waals surface area contributed by atoms with Gasteiger partial charge in [0.1, 0.15) is 5.60 Å². The van der Waals surface area contributed by atoms with E-state index in [2.05, 4.69) is 55.1 Å². The maximum Gasteiger partial charge on any atom is 0.316 e. The molecule has 2 nitrogen and oxygen atoms in total. The van der Waals surface area contributed by atoms with Crippen LogP contribution in [0.1, 0.15) is 80.6 Å². The molecule has 0 N–H and O–H groups in total. The molecular formula is C18H35O2P. The summed E-state index contributed by atoms with van der Waals surface area (Å²) in [5.41, 5.74) is -0.108. The second kappa shape index (κ2) is 6.19. The molecule has 0 amide bonds. The van der Waals surface area contributed by atoms with E-state index in [9.17, 15) is 4.79 Å². The molecule has 21 heavy (non-hydrogen) atoms. The number of carbonyl (C=O) groups is 1. The third-order valence-electron chi connectivity index (χ3n) is 4.95. The van der Waals surface area contributed by atoms with E-state index in [1.54, 1.807) is 0 Å². The standard InChI is InChI=1S/C18H35O2P/c1-15(2,3)13-17(7,21-8)14(19)20-18(16(4,5)6)11-9-10-12-18/h21H,9-13H2,1-8H3. The molecule has 1 rings (SSSR count). The van der Waals surface area contributed by atoms with Crippen molar-refractivity contribution < 1.29 is 9.53 Å². The van der Waals surface area contributed by atoms with E-state index in [0.29, 0.717) is 8.58 Å². The molecule has 1 fully saturated rings. The largest absolute Gasteiger partial charge is 0.458 e. The summed E-state index contributed by atoms with van der Waals surface area (Å²) in [6.45, 7) is 17.5. The molecule has 0 aromatic carbocycles. The number of esters is 1. The average Bonchev–Trinajstić information content (AvgIpc) is 2.75. The molecule has 1 saturated carbocycles. The molecule has 0 heterocycles. The zero-order chi connectivity index (χ0) is 16.5. The first-order valence-electron chi connectivity index (χ1n) is 8.28. The fourth-order valence-electron chi connectivity index (χ4n) is 3.56. The number of hydrogen-bond donors (Lipinski definition) is 0. The van der Waals surface area contributed by atoms with Crippen LogP contribution >= 0.6 is 8.58 Å². The van der Waals surface area contributed by atoms with Gasteiger partial charge in [-0.15, -0.1) is 8.58 Å². The number of rotatable bonds is 4. The van der Waals surface area contributed by atoms with Crippen LogP contribution in [0.15, 0.2) is 0 Å². The van der Waals surface area contributed by atoms with Crippen molar-refractivity contribution in [1.29, 1.82) is 0 Å². The smallest absolute Gasteiger partial charge is 0.316 e. The first-order valence-corrected chi connectivity index (χ1v) is 9.78. The minimum absolute atomic E-state index is 0.0126. The van der Waals surface area contributed by atoms with Gasteiger partial charge >= 0.3 is 5.97 Å². The van der Waals surface area contributed by atoms with E-state index < -0.39 is 0 Å². The van der Waals surface area contributed by atoms with Gasteiger partial charge in [-0.1, -0.05) is 41.5 Å². The van der Waals surface area contributed by atoms with Crippen molar-refractivity contribution in [1.82, 2.24) is 0 Å². The Morgan fingerprint density at radius 3 is 1.86 bits per heavy atom. The van der Waals surface area contributed by atoms with Crippen molar-refractivity contribution >= 4 is 14.6 Å². The molecule has 0 aliphatic heterocycles. The molecule has 124 valence electrons. The fraction of sp³-hybridized carbons (Fsp3) is 0.944. The van der Waals surface area contributed by atoms with Gasteiger partial charge in [-0.3, -0.25) is 4.79 Å². The van der Waals surface area contributed by atoms with Gasteiger partial charge in [-0.25, -0.2) is 0 Å². The summed E-state index contributed by atoms with van der Waals surface area (Å²) in [5.74, 6) is 0.0232. The highest BCUT2D eigenvalue weighted by atomic mass is 31.1. The topological polar surface area (TPSA) is 26.3 Å². The Labute approximate surface area is 133 Å². The van der Waals surface area contributed by atoms with E-state index in [1.807, 2.05) is 0 Å². The second-order valence-electron chi connectivity index (χ2n) is 9.16. The van der Waals surface area contributed by atoms with E-state index in [1.165, 1.54) is 12.8 Å². The average molecular weight is 314 g/mol. The normalized spacial score (nSPS) is 22.5. The van der Waals surface area contributed by atoms with Gasteiger partial charge in [0.25, 0.3) is 0 Å². The minimum atomic E-state index is -0.348. The van der Waals surface area contributed by atoms with Gasteiger partial charge < -0.3 is 4.74 Å². The van der Waals surface area contributed by atoms with Crippen molar-refractivity contribution in [2.24, 2.45) is 10.8 Å². The molecule has 0 spiro atoms. The lowest BCUT2D eigenvalue weighted by atomic mass is 9.75. The SMILES string of the molecule is CPC(C)(CC(C)(C)C)C(=O)OC1(C(C)(C)C)CCCC1. The Balaban J connectivity index is 2.96. The van der Waals surface area contributed by atoms with Crippen molar-refractivity contribution in [2.75, 3.05) is 6.66 Å². The van der Waals surface area contributed by atoms with Gasteiger partial charge in [-0.2, -0.15) is 0 Å². The van der Waals surface area contributed by atoms with E-state index in [0.717, 1.165) is 19.3 Å². The minimum Gasteiger partial charge on any atom is -0.458 e. The van der Waals surface area contributed by atoms with Crippen LogP contribution in [0, 0.1) is 10.8 Å². The third-order valence-corrected chi connectivity index (χ3v) is 6.44. The molecule has 0 radical (unpaired) electrons. The van der Waals surface area contributed by atoms with Crippen molar-refractivity contribution in [3.8, 4) is 0 Å². The summed E-state index contributed by atoms with van der Waals surface area (Å²) in [5, 5.41) is -0.348. The van der Waals surface area contributed by atoms with Crippen molar-refractivity contribution in [3.05, 3.63) is 0 Å². The highest BCUT2D eigenvalue weighted by molar-refractivity contribution is 7.40. The molecule has 2 unspecified atom stereocenters. The third kappa shape index (κ3) is 4.44. The maximum atomic E-state index is 13.0. The van der Waals surface area contributed by atoms with Crippen LogP contribution in [0.3, 0.4) is 0 Å². The van der Waals surface area contributed by atoms with Crippen LogP contribution in [-0.4, -0.2) is 23.4 Å². The van der Waals surface area contributed by atoms with E-state index in [-0.39, 0.29) is 27.6 Å². The molecule has 0 aromatic rings. The highest BCUT2D eigenvalue weighted by Gasteiger charge is 2.50. The van der Waals surface area contributed by atoms with Crippen LogP contribution < -0.4 is 0 Å². The van der Waals surface area contributed by atoms with Gasteiger partial charge in [0, 0.05) is 5.41 Å². The van der Waals surface area contributed by atoms with Gasteiger partial charge in [0.2, 0.25) is 0 Å². The first-order chi connectivity index (χ1) is 9.35. The summed E-state index contributed by atoms with van der Waals surface area (Å²) < 4.78 is 6.23. The molecular weight excluding hydrogens is 279 g/mol. The fourth-order valence-corrected chi connectivity index (χ4v) is 4.53. The number of carbonyl (C=O) groups excluding carboxylic acids is 1. The zero-order valence-electron chi connectivity index (χ0n) is 15.4. The monoisotopic (exact) mass is 314 g/mol. The molecule has 3 heteroatoms. The molecule has 1 aliphatic rings. The van der Waals surface area contributed by atoms with Crippen LogP contribution in [-0.2, 0) is 9.53 Å². The van der Waals surface area contributed by atoms with E-state index in [4.69, 9.17) is 4.74 Å². The summed E-state index contributed by atoms with van der Waals surface area (Å²) in [6, 6.07) is 0. The van der Waals surface area contributed by atoms with Crippen LogP contribution in [0.5, 0.6) is 0 Å². The first kappa shape index (κ1) is 18.9. The number of ether oxygens (including phenoxy) is 1. The summed E-state index contributed by atoms with van der Waals surface area (Å²) in [4.78, 5) is 13.0. The quantitative estimate of drug-likeness (QED) is 0.513. The van der Waals surface area contributed by atoms with Crippen molar-refractivity contribution in [2.45, 2.75) is 91.3 Å². The van der Waals surface area contributed by atoms with Gasteiger partial charge in [0.15, 0.2) is 0 Å². The second-order valence-corrected chi connectivity index (χ2v) is 10.8. The predicted octanol–water partition coefficient (Wildman–Crippen LogP) is 5.39. The van der Waals surface area contributed by atoms with Crippen molar-refractivity contribution in [3.63, 3.8) is 0 Å².